The molecule has 56 valence electrons. The summed E-state index contributed by atoms with van der Waals surface area (Å²) < 4.78 is 5.01. The summed E-state index contributed by atoms with van der Waals surface area (Å²) in [6.45, 7) is 0.531. The second-order valence-corrected chi connectivity index (χ2v) is 2.10. The van der Waals surface area contributed by atoms with Crippen molar-refractivity contribution < 1.29 is 9.25 Å². The summed E-state index contributed by atoms with van der Waals surface area (Å²) in [6, 6.07) is 3.47. The molecule has 1 heterocycles. The molecule has 0 spiro atoms. The molecule has 0 radical (unpaired) electrons. The average Bonchev–Trinajstić information content (AvgIpc) is 2.31. The Kier molecular flexibility index (Phi) is 2.74. The van der Waals surface area contributed by atoms with E-state index in [1.54, 1.807) is 19.2 Å². The van der Waals surface area contributed by atoms with Gasteiger partial charge in [-0.05, 0) is 23.7 Å². The molecule has 0 saturated heterocycles. The molecule has 0 amide bonds. The van der Waals surface area contributed by atoms with Crippen LogP contribution in [0.4, 0.5) is 0 Å². The zero-order valence-corrected chi connectivity index (χ0v) is 6.31. The zero-order valence-electron chi connectivity index (χ0n) is 5.56. The minimum Gasteiger partial charge on any atom is -0.448 e. The quantitative estimate of drug-likeness (QED) is 0.684. The molecule has 0 aliphatic carbocycles. The van der Waals surface area contributed by atoms with E-state index in [4.69, 9.17) is 16.0 Å². The molecule has 1 N–H and O–H groups in total. The summed E-state index contributed by atoms with van der Waals surface area (Å²) >= 11 is 5.50. The van der Waals surface area contributed by atoms with Crippen molar-refractivity contribution in [1.29, 1.82) is 0 Å². The lowest BCUT2D eigenvalue weighted by Crippen LogP contribution is -2.09. The van der Waals surface area contributed by atoms with Gasteiger partial charge in [-0.2, -0.15) is 5.48 Å². The van der Waals surface area contributed by atoms with Gasteiger partial charge in [0.1, 0.15) is 5.76 Å². The molecular formula is C6H8ClNO2. The van der Waals surface area contributed by atoms with Crippen LogP contribution in [0.3, 0.4) is 0 Å². The van der Waals surface area contributed by atoms with Gasteiger partial charge >= 0.3 is 0 Å². The molecule has 0 saturated carbocycles. The Hall–Kier alpha value is -0.510. The van der Waals surface area contributed by atoms with Crippen LogP contribution in [0.2, 0.25) is 5.22 Å². The van der Waals surface area contributed by atoms with Crippen LogP contribution >= 0.6 is 11.6 Å². The molecule has 0 aliphatic heterocycles. The number of halogens is 1. The Morgan fingerprint density at radius 1 is 1.70 bits per heavy atom. The number of furan rings is 1. The number of hydrogen-bond donors (Lipinski definition) is 1. The fraction of sp³-hybridized carbons (Fsp3) is 0.333. The molecule has 3 nitrogen and oxygen atoms in total. The highest BCUT2D eigenvalue weighted by Crippen LogP contribution is 2.12. The topological polar surface area (TPSA) is 34.4 Å². The van der Waals surface area contributed by atoms with E-state index in [2.05, 4.69) is 10.3 Å². The van der Waals surface area contributed by atoms with E-state index < -0.39 is 0 Å². The van der Waals surface area contributed by atoms with Crippen molar-refractivity contribution in [3.05, 3.63) is 23.1 Å². The summed E-state index contributed by atoms with van der Waals surface area (Å²) in [5, 5.41) is 0.396. The molecule has 1 aromatic heterocycles. The van der Waals surface area contributed by atoms with E-state index in [-0.39, 0.29) is 0 Å². The Bertz CT molecular complexity index is 199. The normalized spacial score (nSPS) is 10.2. The van der Waals surface area contributed by atoms with Gasteiger partial charge in [-0.3, -0.25) is 0 Å². The molecule has 0 fully saturated rings. The Balaban J connectivity index is 2.42. The Labute approximate surface area is 63.9 Å². The first kappa shape index (κ1) is 7.60. The number of hydroxylamine groups is 1. The van der Waals surface area contributed by atoms with Gasteiger partial charge in [0.25, 0.3) is 0 Å². The Morgan fingerprint density at radius 2 is 2.50 bits per heavy atom. The van der Waals surface area contributed by atoms with E-state index in [9.17, 15) is 0 Å². The van der Waals surface area contributed by atoms with Crippen LogP contribution in [0, 0.1) is 0 Å². The number of hydrogen-bond acceptors (Lipinski definition) is 3. The third kappa shape index (κ3) is 2.02. The average molecular weight is 162 g/mol. The van der Waals surface area contributed by atoms with Crippen molar-refractivity contribution in [2.75, 3.05) is 7.11 Å². The first-order valence-electron chi connectivity index (χ1n) is 2.83. The van der Waals surface area contributed by atoms with Gasteiger partial charge in [0.2, 0.25) is 0 Å². The maximum atomic E-state index is 5.50. The number of rotatable bonds is 3. The molecule has 4 heteroatoms. The third-order valence-electron chi connectivity index (χ3n) is 1.02. The van der Waals surface area contributed by atoms with E-state index in [0.717, 1.165) is 5.76 Å². The smallest absolute Gasteiger partial charge is 0.193 e. The second kappa shape index (κ2) is 3.61. The minimum atomic E-state index is 0.396. The van der Waals surface area contributed by atoms with E-state index in [0.29, 0.717) is 11.8 Å². The molecule has 0 atom stereocenters. The fourth-order valence-corrected chi connectivity index (χ4v) is 0.752. The third-order valence-corrected chi connectivity index (χ3v) is 1.22. The highest BCUT2D eigenvalue weighted by molar-refractivity contribution is 6.28. The lowest BCUT2D eigenvalue weighted by molar-refractivity contribution is 0.0818. The van der Waals surface area contributed by atoms with Gasteiger partial charge < -0.3 is 9.25 Å². The van der Waals surface area contributed by atoms with Crippen LogP contribution in [-0.2, 0) is 11.4 Å². The zero-order chi connectivity index (χ0) is 7.40. The standard InChI is InChI=1S/C6H8ClNO2/c1-9-8-4-5-2-3-6(7)10-5/h2-3,8H,4H2,1H3. The molecular weight excluding hydrogens is 154 g/mol. The van der Waals surface area contributed by atoms with Gasteiger partial charge in [-0.15, -0.1) is 0 Å². The van der Waals surface area contributed by atoms with E-state index >= 15 is 0 Å². The van der Waals surface area contributed by atoms with Crippen LogP contribution < -0.4 is 5.48 Å². The van der Waals surface area contributed by atoms with Crippen molar-refractivity contribution in [3.8, 4) is 0 Å². The van der Waals surface area contributed by atoms with Crippen molar-refractivity contribution in [2.24, 2.45) is 0 Å². The molecule has 0 aliphatic rings. The van der Waals surface area contributed by atoms with Crippen LogP contribution in [0.1, 0.15) is 5.76 Å². The van der Waals surface area contributed by atoms with Crippen LogP contribution in [0.25, 0.3) is 0 Å². The molecule has 0 bridgehead atoms. The van der Waals surface area contributed by atoms with Gasteiger partial charge in [-0.25, -0.2) is 0 Å². The monoisotopic (exact) mass is 161 g/mol. The van der Waals surface area contributed by atoms with Crippen molar-refractivity contribution >= 4 is 11.6 Å². The summed E-state index contributed by atoms with van der Waals surface area (Å²) in [7, 11) is 1.55. The predicted octanol–water partition coefficient (Wildman–Crippen LogP) is 1.58. The summed E-state index contributed by atoms with van der Waals surface area (Å²) in [4.78, 5) is 4.60. The first-order chi connectivity index (χ1) is 4.83. The number of nitrogens with one attached hydrogen (secondary N) is 1. The van der Waals surface area contributed by atoms with Crippen LogP contribution in [-0.4, -0.2) is 7.11 Å². The largest absolute Gasteiger partial charge is 0.448 e. The van der Waals surface area contributed by atoms with Gasteiger partial charge in [0, 0.05) is 0 Å². The van der Waals surface area contributed by atoms with Crippen LogP contribution in [0.5, 0.6) is 0 Å². The van der Waals surface area contributed by atoms with Gasteiger partial charge in [-0.1, -0.05) is 0 Å². The first-order valence-corrected chi connectivity index (χ1v) is 3.21. The highest BCUT2D eigenvalue weighted by Gasteiger charge is 1.96. The van der Waals surface area contributed by atoms with E-state index in [1.807, 2.05) is 0 Å². The van der Waals surface area contributed by atoms with Crippen molar-refractivity contribution in [3.63, 3.8) is 0 Å². The van der Waals surface area contributed by atoms with Crippen molar-refractivity contribution in [2.45, 2.75) is 6.54 Å². The van der Waals surface area contributed by atoms with Gasteiger partial charge in [0.15, 0.2) is 5.22 Å². The Morgan fingerprint density at radius 3 is 3.00 bits per heavy atom. The maximum absolute atomic E-state index is 5.50. The lowest BCUT2D eigenvalue weighted by atomic mass is 10.5. The predicted molar refractivity (Wildman–Crippen MR) is 37.6 cm³/mol. The minimum absolute atomic E-state index is 0.396. The molecule has 0 unspecified atom stereocenters. The lowest BCUT2D eigenvalue weighted by Gasteiger charge is -1.95. The van der Waals surface area contributed by atoms with Crippen molar-refractivity contribution in [1.82, 2.24) is 5.48 Å². The van der Waals surface area contributed by atoms with Crippen LogP contribution in [0.15, 0.2) is 16.5 Å². The van der Waals surface area contributed by atoms with E-state index in [1.165, 1.54) is 0 Å². The highest BCUT2D eigenvalue weighted by atomic mass is 35.5. The fourth-order valence-electron chi connectivity index (χ4n) is 0.590. The second-order valence-electron chi connectivity index (χ2n) is 1.73. The molecule has 0 aromatic carbocycles. The molecule has 1 rings (SSSR count). The SMILES string of the molecule is CONCc1ccc(Cl)o1. The molecule has 10 heavy (non-hydrogen) atoms. The summed E-state index contributed by atoms with van der Waals surface area (Å²) in [6.07, 6.45) is 0. The van der Waals surface area contributed by atoms with Gasteiger partial charge in [0.05, 0.1) is 13.7 Å². The summed E-state index contributed by atoms with van der Waals surface area (Å²) in [5.74, 6) is 0.756. The molecule has 1 aromatic rings. The summed E-state index contributed by atoms with van der Waals surface area (Å²) in [5.41, 5.74) is 2.63. The maximum Gasteiger partial charge on any atom is 0.193 e.